The third kappa shape index (κ3) is 2.77. The molecule has 0 saturated heterocycles. The number of amidine groups is 1. The summed E-state index contributed by atoms with van der Waals surface area (Å²) in [7, 11) is 0. The summed E-state index contributed by atoms with van der Waals surface area (Å²) in [5.41, 5.74) is 6.45. The normalized spacial score (nSPS) is 11.9. The molecule has 0 bridgehead atoms. The summed E-state index contributed by atoms with van der Waals surface area (Å²) >= 11 is 0. The maximum Gasteiger partial charge on any atom is 0.139 e. The van der Waals surface area contributed by atoms with Crippen LogP contribution in [-0.4, -0.2) is 20.8 Å². The molecular weight excluding hydrogens is 168 g/mol. The molecule has 1 aromatic rings. The van der Waals surface area contributed by atoms with Crippen molar-refractivity contribution in [3.8, 4) is 0 Å². The highest BCUT2D eigenvalue weighted by Crippen LogP contribution is 1.99. The molecule has 0 spiro atoms. The van der Waals surface area contributed by atoms with Crippen LogP contribution in [0, 0.1) is 6.92 Å². The molecule has 5 nitrogen and oxygen atoms in total. The molecule has 0 aliphatic rings. The molecule has 0 aliphatic heterocycles. The van der Waals surface area contributed by atoms with Crippen molar-refractivity contribution in [2.75, 3.05) is 0 Å². The van der Waals surface area contributed by atoms with Crippen LogP contribution in [0.1, 0.15) is 18.5 Å². The highest BCUT2D eigenvalue weighted by Gasteiger charge is 1.97. The van der Waals surface area contributed by atoms with Crippen molar-refractivity contribution in [3.63, 3.8) is 0 Å². The van der Waals surface area contributed by atoms with E-state index in [-0.39, 0.29) is 5.84 Å². The molecule has 0 aromatic carbocycles. The smallest absolute Gasteiger partial charge is 0.139 e. The van der Waals surface area contributed by atoms with Gasteiger partial charge in [-0.15, -0.1) is 0 Å². The third-order valence-electron chi connectivity index (χ3n) is 1.86. The Balaban J connectivity index is 2.32. The minimum absolute atomic E-state index is 0.268. The zero-order valence-corrected chi connectivity index (χ0v) is 7.64. The predicted octanol–water partition coefficient (Wildman–Crippen LogP) is 0.718. The molecule has 0 amide bonds. The van der Waals surface area contributed by atoms with E-state index in [9.17, 15) is 0 Å². The number of rotatable bonds is 4. The van der Waals surface area contributed by atoms with Crippen molar-refractivity contribution >= 4 is 5.84 Å². The van der Waals surface area contributed by atoms with Gasteiger partial charge in [-0.2, -0.15) is 5.10 Å². The fraction of sp³-hybridized carbons (Fsp3) is 0.500. The Bertz CT molecular complexity index is 292. The number of aryl methyl sites for hydroxylation is 2. The second-order valence-electron chi connectivity index (χ2n) is 2.89. The number of nitrogens with zero attached hydrogens (tertiary/aromatic N) is 3. The summed E-state index contributed by atoms with van der Waals surface area (Å²) in [5.74, 6) is 0.268. The lowest BCUT2D eigenvalue weighted by Crippen LogP contribution is -2.13. The number of hydrogen-bond donors (Lipinski definition) is 2. The average molecular weight is 182 g/mol. The average Bonchev–Trinajstić information content (AvgIpc) is 2.52. The summed E-state index contributed by atoms with van der Waals surface area (Å²) in [6.07, 6.45) is 3.19. The van der Waals surface area contributed by atoms with E-state index in [0.717, 1.165) is 18.7 Å². The summed E-state index contributed by atoms with van der Waals surface area (Å²) in [6, 6.07) is 1.95. The first-order chi connectivity index (χ1) is 6.24. The SMILES string of the molecule is Cc1ccnn1CCCC(N)=NO. The van der Waals surface area contributed by atoms with Gasteiger partial charge in [0.2, 0.25) is 0 Å². The van der Waals surface area contributed by atoms with Gasteiger partial charge in [0.05, 0.1) is 0 Å². The van der Waals surface area contributed by atoms with Gasteiger partial charge in [0.1, 0.15) is 5.84 Å². The molecule has 0 radical (unpaired) electrons. The van der Waals surface area contributed by atoms with Crippen LogP contribution in [0.15, 0.2) is 17.4 Å². The highest BCUT2D eigenvalue weighted by molar-refractivity contribution is 5.79. The van der Waals surface area contributed by atoms with Crippen LogP contribution in [-0.2, 0) is 6.54 Å². The molecule has 0 unspecified atom stereocenters. The Hall–Kier alpha value is -1.52. The second kappa shape index (κ2) is 4.49. The molecule has 72 valence electrons. The molecule has 5 heteroatoms. The largest absolute Gasteiger partial charge is 0.409 e. The Kier molecular flexibility index (Phi) is 3.31. The van der Waals surface area contributed by atoms with Gasteiger partial charge in [0, 0.05) is 24.9 Å². The molecule has 0 atom stereocenters. The second-order valence-corrected chi connectivity index (χ2v) is 2.89. The molecule has 13 heavy (non-hydrogen) atoms. The van der Waals surface area contributed by atoms with Gasteiger partial charge in [0.25, 0.3) is 0 Å². The quantitative estimate of drug-likeness (QED) is 0.312. The van der Waals surface area contributed by atoms with Crippen molar-refractivity contribution in [2.45, 2.75) is 26.3 Å². The predicted molar refractivity (Wildman–Crippen MR) is 49.6 cm³/mol. The van der Waals surface area contributed by atoms with Crippen LogP contribution >= 0.6 is 0 Å². The van der Waals surface area contributed by atoms with Crippen LogP contribution in [0.5, 0.6) is 0 Å². The minimum atomic E-state index is 0.268. The van der Waals surface area contributed by atoms with Crippen molar-refractivity contribution in [1.82, 2.24) is 9.78 Å². The van der Waals surface area contributed by atoms with Crippen molar-refractivity contribution < 1.29 is 5.21 Å². The van der Waals surface area contributed by atoms with Gasteiger partial charge in [-0.25, -0.2) is 0 Å². The first-order valence-corrected chi connectivity index (χ1v) is 4.19. The lowest BCUT2D eigenvalue weighted by molar-refractivity contribution is 0.316. The topological polar surface area (TPSA) is 76.4 Å². The number of hydrogen-bond acceptors (Lipinski definition) is 3. The Morgan fingerprint density at radius 3 is 3.08 bits per heavy atom. The van der Waals surface area contributed by atoms with E-state index >= 15 is 0 Å². The standard InChI is InChI=1S/C8H14N4O/c1-7-4-5-10-12(7)6-2-3-8(9)11-13/h4-5,13H,2-3,6H2,1H3,(H2,9,11). The maximum absolute atomic E-state index is 8.29. The van der Waals surface area contributed by atoms with E-state index in [1.54, 1.807) is 6.20 Å². The molecule has 0 aliphatic carbocycles. The molecule has 3 N–H and O–H groups in total. The van der Waals surface area contributed by atoms with E-state index in [4.69, 9.17) is 10.9 Å². The van der Waals surface area contributed by atoms with Gasteiger partial charge in [-0.05, 0) is 19.4 Å². The first kappa shape index (κ1) is 9.57. The number of oxime groups is 1. The van der Waals surface area contributed by atoms with Gasteiger partial charge in [-0.3, -0.25) is 4.68 Å². The lowest BCUT2D eigenvalue weighted by atomic mass is 10.3. The van der Waals surface area contributed by atoms with Gasteiger partial charge in [0.15, 0.2) is 0 Å². The van der Waals surface area contributed by atoms with E-state index < -0.39 is 0 Å². The molecule has 1 aromatic heterocycles. The van der Waals surface area contributed by atoms with Crippen LogP contribution in [0.3, 0.4) is 0 Å². The lowest BCUT2D eigenvalue weighted by Gasteiger charge is -2.02. The molecule has 0 saturated carbocycles. The van der Waals surface area contributed by atoms with Crippen LogP contribution in [0.25, 0.3) is 0 Å². The van der Waals surface area contributed by atoms with Gasteiger partial charge < -0.3 is 10.9 Å². The highest BCUT2D eigenvalue weighted by atomic mass is 16.4. The molecule has 1 heterocycles. The van der Waals surface area contributed by atoms with Crippen LogP contribution in [0.2, 0.25) is 0 Å². The monoisotopic (exact) mass is 182 g/mol. The summed E-state index contributed by atoms with van der Waals surface area (Å²) < 4.78 is 1.89. The van der Waals surface area contributed by atoms with E-state index in [1.165, 1.54) is 0 Å². The summed E-state index contributed by atoms with van der Waals surface area (Å²) in [6.45, 7) is 2.80. The Morgan fingerprint density at radius 2 is 2.54 bits per heavy atom. The summed E-state index contributed by atoms with van der Waals surface area (Å²) in [4.78, 5) is 0. The molecule has 0 fully saturated rings. The Morgan fingerprint density at radius 1 is 1.77 bits per heavy atom. The van der Waals surface area contributed by atoms with Crippen molar-refractivity contribution in [3.05, 3.63) is 18.0 Å². The van der Waals surface area contributed by atoms with Crippen LogP contribution < -0.4 is 5.73 Å². The molecular formula is C8H14N4O. The van der Waals surface area contributed by atoms with Crippen molar-refractivity contribution in [1.29, 1.82) is 0 Å². The van der Waals surface area contributed by atoms with Crippen LogP contribution in [0.4, 0.5) is 0 Å². The fourth-order valence-corrected chi connectivity index (χ4v) is 1.09. The van der Waals surface area contributed by atoms with Gasteiger partial charge >= 0.3 is 0 Å². The van der Waals surface area contributed by atoms with E-state index in [1.807, 2.05) is 17.7 Å². The zero-order valence-electron chi connectivity index (χ0n) is 7.64. The van der Waals surface area contributed by atoms with E-state index in [0.29, 0.717) is 6.42 Å². The third-order valence-corrected chi connectivity index (χ3v) is 1.86. The summed E-state index contributed by atoms with van der Waals surface area (Å²) in [5, 5.41) is 15.3. The zero-order chi connectivity index (χ0) is 9.68. The van der Waals surface area contributed by atoms with E-state index in [2.05, 4.69) is 10.3 Å². The van der Waals surface area contributed by atoms with Crippen molar-refractivity contribution in [2.24, 2.45) is 10.9 Å². The fourth-order valence-electron chi connectivity index (χ4n) is 1.09. The minimum Gasteiger partial charge on any atom is -0.409 e. The number of aromatic nitrogens is 2. The van der Waals surface area contributed by atoms with Gasteiger partial charge in [-0.1, -0.05) is 5.16 Å². The molecule has 1 rings (SSSR count). The maximum atomic E-state index is 8.29. The Labute approximate surface area is 76.8 Å². The number of nitrogens with two attached hydrogens (primary N) is 1. The first-order valence-electron chi connectivity index (χ1n) is 4.19.